The molecule has 16 heavy (non-hydrogen) atoms. The van der Waals surface area contributed by atoms with Crippen LogP contribution in [0.4, 0.5) is 0 Å². The minimum atomic E-state index is 0.708. The van der Waals surface area contributed by atoms with E-state index in [1.54, 1.807) is 0 Å². The lowest BCUT2D eigenvalue weighted by Gasteiger charge is -2.16. The van der Waals surface area contributed by atoms with Crippen LogP contribution in [0, 0.1) is 0 Å². The molecule has 0 aromatic heterocycles. The molecule has 0 radical (unpaired) electrons. The second-order valence-corrected chi connectivity index (χ2v) is 3.98. The van der Waals surface area contributed by atoms with Crippen LogP contribution in [0.2, 0.25) is 0 Å². The maximum atomic E-state index is 5.46. The lowest BCUT2D eigenvalue weighted by molar-refractivity contribution is 0.109. The molecule has 1 aromatic rings. The highest BCUT2D eigenvalue weighted by Crippen LogP contribution is 2.01. The van der Waals surface area contributed by atoms with Crippen molar-refractivity contribution in [2.75, 3.05) is 33.4 Å². The third kappa shape index (κ3) is 5.85. The minimum Gasteiger partial charge on any atom is -0.380 e. The summed E-state index contributed by atoms with van der Waals surface area (Å²) in [5.41, 5.74) is 6.72. The highest BCUT2D eigenvalue weighted by atomic mass is 16.5. The Balaban J connectivity index is 2.09. The smallest absolute Gasteiger partial charge is 0.0593 e. The van der Waals surface area contributed by atoms with Crippen LogP contribution in [-0.4, -0.2) is 38.3 Å². The fourth-order valence-electron chi connectivity index (χ4n) is 1.48. The summed E-state index contributed by atoms with van der Waals surface area (Å²) in [6, 6.07) is 10.5. The first-order chi connectivity index (χ1) is 7.83. The lowest BCUT2D eigenvalue weighted by Crippen LogP contribution is -2.23. The van der Waals surface area contributed by atoms with E-state index in [2.05, 4.69) is 36.2 Å². The van der Waals surface area contributed by atoms with Crippen molar-refractivity contribution in [3.63, 3.8) is 0 Å². The molecule has 0 bridgehead atoms. The standard InChI is InChI=1S/C13H22N2O/c1-15(9-11-16-10-5-8-14)12-13-6-3-2-4-7-13/h2-4,6-7H,5,8-12,14H2,1H3. The monoisotopic (exact) mass is 222 g/mol. The first-order valence-corrected chi connectivity index (χ1v) is 5.83. The van der Waals surface area contributed by atoms with Crippen molar-refractivity contribution in [2.45, 2.75) is 13.0 Å². The van der Waals surface area contributed by atoms with Crippen LogP contribution in [0.5, 0.6) is 0 Å². The number of nitrogens with zero attached hydrogens (tertiary/aromatic N) is 1. The van der Waals surface area contributed by atoms with Gasteiger partial charge in [-0.3, -0.25) is 4.90 Å². The molecule has 0 atom stereocenters. The van der Waals surface area contributed by atoms with E-state index in [-0.39, 0.29) is 0 Å². The van der Waals surface area contributed by atoms with Gasteiger partial charge >= 0.3 is 0 Å². The zero-order valence-corrected chi connectivity index (χ0v) is 10.1. The Morgan fingerprint density at radius 1 is 1.19 bits per heavy atom. The fourth-order valence-corrected chi connectivity index (χ4v) is 1.48. The number of ether oxygens (including phenoxy) is 1. The second kappa shape index (κ2) is 8.28. The van der Waals surface area contributed by atoms with Crippen molar-refractivity contribution in [3.05, 3.63) is 35.9 Å². The maximum Gasteiger partial charge on any atom is 0.0593 e. The predicted octanol–water partition coefficient (Wildman–Crippen LogP) is 1.48. The van der Waals surface area contributed by atoms with Crippen LogP contribution in [0.25, 0.3) is 0 Å². The molecule has 3 nitrogen and oxygen atoms in total. The van der Waals surface area contributed by atoms with Gasteiger partial charge in [-0.2, -0.15) is 0 Å². The van der Waals surface area contributed by atoms with Crippen LogP contribution < -0.4 is 5.73 Å². The van der Waals surface area contributed by atoms with Gasteiger partial charge < -0.3 is 10.5 Å². The fraction of sp³-hybridized carbons (Fsp3) is 0.538. The third-order valence-corrected chi connectivity index (χ3v) is 2.41. The van der Waals surface area contributed by atoms with Gasteiger partial charge in [0.1, 0.15) is 0 Å². The average molecular weight is 222 g/mol. The molecule has 1 aromatic carbocycles. The summed E-state index contributed by atoms with van der Waals surface area (Å²) in [7, 11) is 2.11. The Hall–Kier alpha value is -0.900. The quantitative estimate of drug-likeness (QED) is 0.677. The molecule has 0 unspecified atom stereocenters. The van der Waals surface area contributed by atoms with Gasteiger partial charge in [0.25, 0.3) is 0 Å². The van der Waals surface area contributed by atoms with E-state index in [4.69, 9.17) is 10.5 Å². The van der Waals surface area contributed by atoms with Crippen LogP contribution in [-0.2, 0) is 11.3 Å². The van der Waals surface area contributed by atoms with Gasteiger partial charge in [-0.25, -0.2) is 0 Å². The van der Waals surface area contributed by atoms with Gasteiger partial charge in [0.15, 0.2) is 0 Å². The molecule has 0 saturated carbocycles. The zero-order chi connectivity index (χ0) is 11.6. The maximum absolute atomic E-state index is 5.46. The Kier molecular flexibility index (Phi) is 6.81. The molecular formula is C13H22N2O. The predicted molar refractivity (Wildman–Crippen MR) is 67.3 cm³/mol. The molecule has 0 aliphatic rings. The summed E-state index contributed by atoms with van der Waals surface area (Å²) in [5, 5.41) is 0. The lowest BCUT2D eigenvalue weighted by atomic mass is 10.2. The number of nitrogens with two attached hydrogens (primary N) is 1. The summed E-state index contributed by atoms with van der Waals surface area (Å²) in [6.45, 7) is 4.19. The van der Waals surface area contributed by atoms with E-state index in [0.29, 0.717) is 6.54 Å². The summed E-state index contributed by atoms with van der Waals surface area (Å²) in [4.78, 5) is 2.26. The Labute approximate surface area is 98.2 Å². The Bertz CT molecular complexity index is 264. The first-order valence-electron chi connectivity index (χ1n) is 5.83. The topological polar surface area (TPSA) is 38.5 Å². The highest BCUT2D eigenvalue weighted by Gasteiger charge is 1.99. The van der Waals surface area contributed by atoms with Crippen molar-refractivity contribution in [2.24, 2.45) is 5.73 Å². The second-order valence-electron chi connectivity index (χ2n) is 3.98. The Morgan fingerprint density at radius 3 is 2.62 bits per heavy atom. The summed E-state index contributed by atoms with van der Waals surface area (Å²) in [6.07, 6.45) is 0.947. The largest absolute Gasteiger partial charge is 0.380 e. The van der Waals surface area contributed by atoms with E-state index in [1.807, 2.05) is 6.07 Å². The molecule has 2 N–H and O–H groups in total. The van der Waals surface area contributed by atoms with Crippen molar-refractivity contribution in [1.29, 1.82) is 0 Å². The molecule has 0 spiro atoms. The molecule has 1 rings (SSSR count). The molecule has 3 heteroatoms. The van der Waals surface area contributed by atoms with Crippen LogP contribution in [0.15, 0.2) is 30.3 Å². The van der Waals surface area contributed by atoms with Gasteiger partial charge in [0.2, 0.25) is 0 Å². The van der Waals surface area contributed by atoms with E-state index < -0.39 is 0 Å². The number of rotatable bonds is 8. The summed E-state index contributed by atoms with van der Waals surface area (Å²) < 4.78 is 5.46. The van der Waals surface area contributed by atoms with Crippen LogP contribution in [0.1, 0.15) is 12.0 Å². The normalized spacial score (nSPS) is 10.9. The Morgan fingerprint density at radius 2 is 1.94 bits per heavy atom. The number of hydrogen-bond acceptors (Lipinski definition) is 3. The van der Waals surface area contributed by atoms with Crippen molar-refractivity contribution >= 4 is 0 Å². The zero-order valence-electron chi connectivity index (χ0n) is 10.1. The van der Waals surface area contributed by atoms with Crippen LogP contribution >= 0.6 is 0 Å². The number of likely N-dealkylation sites (N-methyl/N-ethyl adjacent to an activating group) is 1. The molecule has 0 saturated heterocycles. The van der Waals surface area contributed by atoms with Gasteiger partial charge in [0, 0.05) is 19.7 Å². The molecule has 0 amide bonds. The molecular weight excluding hydrogens is 200 g/mol. The molecule has 0 heterocycles. The first kappa shape index (κ1) is 13.2. The molecule has 0 aliphatic carbocycles. The number of hydrogen-bond donors (Lipinski definition) is 1. The number of benzene rings is 1. The van der Waals surface area contributed by atoms with Crippen molar-refractivity contribution in [1.82, 2.24) is 4.90 Å². The summed E-state index contributed by atoms with van der Waals surface area (Å²) in [5.74, 6) is 0. The van der Waals surface area contributed by atoms with Crippen molar-refractivity contribution < 1.29 is 4.74 Å². The van der Waals surface area contributed by atoms with Gasteiger partial charge in [-0.05, 0) is 25.6 Å². The molecule has 0 aliphatic heterocycles. The highest BCUT2D eigenvalue weighted by molar-refractivity contribution is 5.14. The van der Waals surface area contributed by atoms with Gasteiger partial charge in [-0.15, -0.1) is 0 Å². The van der Waals surface area contributed by atoms with E-state index in [9.17, 15) is 0 Å². The average Bonchev–Trinajstić information content (AvgIpc) is 2.30. The minimum absolute atomic E-state index is 0.708. The van der Waals surface area contributed by atoms with E-state index in [1.165, 1.54) is 5.56 Å². The van der Waals surface area contributed by atoms with E-state index in [0.717, 1.165) is 32.7 Å². The third-order valence-electron chi connectivity index (χ3n) is 2.41. The van der Waals surface area contributed by atoms with Crippen LogP contribution in [0.3, 0.4) is 0 Å². The van der Waals surface area contributed by atoms with Crippen molar-refractivity contribution in [3.8, 4) is 0 Å². The van der Waals surface area contributed by atoms with Gasteiger partial charge in [0.05, 0.1) is 6.61 Å². The van der Waals surface area contributed by atoms with E-state index >= 15 is 0 Å². The summed E-state index contributed by atoms with van der Waals surface area (Å²) >= 11 is 0. The molecule has 90 valence electrons. The van der Waals surface area contributed by atoms with Gasteiger partial charge in [-0.1, -0.05) is 30.3 Å². The SMILES string of the molecule is CN(CCOCCCN)Cc1ccccc1. The molecule has 0 fully saturated rings.